The molecule has 0 fully saturated rings. The van der Waals surface area contributed by atoms with E-state index < -0.39 is 10.0 Å². The molecule has 0 aliphatic rings. The van der Waals surface area contributed by atoms with E-state index in [-0.39, 0.29) is 11.4 Å². The molecule has 0 spiro atoms. The maximum atomic E-state index is 12.0. The zero-order valence-electron chi connectivity index (χ0n) is 10.7. The maximum Gasteiger partial charge on any atom is 0.242 e. The van der Waals surface area contributed by atoms with Crippen molar-refractivity contribution >= 4 is 10.0 Å². The van der Waals surface area contributed by atoms with Crippen LogP contribution in [0.2, 0.25) is 0 Å². The molecule has 2 aromatic rings. The average molecular weight is 284 g/mol. The highest BCUT2D eigenvalue weighted by Gasteiger charge is 2.16. The summed E-state index contributed by atoms with van der Waals surface area (Å²) >= 11 is 0. The van der Waals surface area contributed by atoms with Crippen molar-refractivity contribution in [2.75, 3.05) is 7.05 Å². The second-order valence-electron chi connectivity index (χ2n) is 4.05. The van der Waals surface area contributed by atoms with Gasteiger partial charge in [0.15, 0.2) is 5.82 Å². The molecule has 3 N–H and O–H groups in total. The van der Waals surface area contributed by atoms with Crippen molar-refractivity contribution in [3.05, 3.63) is 30.1 Å². The Morgan fingerprint density at radius 1 is 1.42 bits per heavy atom. The van der Waals surface area contributed by atoms with Crippen molar-refractivity contribution in [1.29, 1.82) is 0 Å². The minimum Gasteiger partial charge on any atom is -0.363 e. The van der Waals surface area contributed by atoms with Gasteiger partial charge < -0.3 is 10.3 Å². The number of aromatic amines is 1. The Hall–Kier alpha value is -1.71. The SMILES string of the molecule is CNCc1cc(S(=O)(=O)NCc2ncn(C)n2)c[nH]1. The summed E-state index contributed by atoms with van der Waals surface area (Å²) in [6, 6.07) is 1.59. The van der Waals surface area contributed by atoms with Gasteiger partial charge in [0.25, 0.3) is 0 Å². The quantitative estimate of drug-likeness (QED) is 0.653. The molecule has 19 heavy (non-hydrogen) atoms. The van der Waals surface area contributed by atoms with Gasteiger partial charge in [-0.15, -0.1) is 0 Å². The van der Waals surface area contributed by atoms with Gasteiger partial charge in [0.05, 0.1) is 11.4 Å². The summed E-state index contributed by atoms with van der Waals surface area (Å²) in [5.74, 6) is 0.428. The fraction of sp³-hybridized carbons (Fsp3) is 0.400. The minimum absolute atomic E-state index is 0.0652. The molecule has 0 aromatic carbocycles. The third-order valence-corrected chi connectivity index (χ3v) is 3.84. The average Bonchev–Trinajstić information content (AvgIpc) is 2.97. The second kappa shape index (κ2) is 5.51. The van der Waals surface area contributed by atoms with E-state index in [0.717, 1.165) is 5.69 Å². The van der Waals surface area contributed by atoms with Gasteiger partial charge in [0, 0.05) is 25.5 Å². The van der Waals surface area contributed by atoms with Crippen LogP contribution in [0.1, 0.15) is 11.5 Å². The van der Waals surface area contributed by atoms with Crippen LogP contribution in [0.5, 0.6) is 0 Å². The highest BCUT2D eigenvalue weighted by atomic mass is 32.2. The third kappa shape index (κ3) is 3.40. The van der Waals surface area contributed by atoms with Crippen molar-refractivity contribution in [3.63, 3.8) is 0 Å². The van der Waals surface area contributed by atoms with Crippen LogP contribution in [0.25, 0.3) is 0 Å². The summed E-state index contributed by atoms with van der Waals surface area (Å²) in [6.45, 7) is 0.646. The van der Waals surface area contributed by atoms with Gasteiger partial charge in [0.1, 0.15) is 6.33 Å². The summed E-state index contributed by atoms with van der Waals surface area (Å²) in [5, 5.41) is 6.94. The first kappa shape index (κ1) is 13.7. The van der Waals surface area contributed by atoms with Gasteiger partial charge in [-0.25, -0.2) is 18.1 Å². The van der Waals surface area contributed by atoms with Crippen LogP contribution in [0.4, 0.5) is 0 Å². The molecule has 2 aromatic heterocycles. The Balaban J connectivity index is 2.04. The van der Waals surface area contributed by atoms with Crippen LogP contribution in [0.15, 0.2) is 23.5 Å². The molecule has 2 heterocycles. The van der Waals surface area contributed by atoms with Crippen LogP contribution in [-0.4, -0.2) is 35.2 Å². The van der Waals surface area contributed by atoms with Gasteiger partial charge in [-0.3, -0.25) is 4.68 Å². The van der Waals surface area contributed by atoms with E-state index in [1.165, 1.54) is 17.2 Å². The molecule has 104 valence electrons. The van der Waals surface area contributed by atoms with Gasteiger partial charge in [-0.05, 0) is 13.1 Å². The first-order valence-corrected chi connectivity index (χ1v) is 7.15. The summed E-state index contributed by atoms with van der Waals surface area (Å²) in [5.41, 5.74) is 0.804. The van der Waals surface area contributed by atoms with Crippen LogP contribution in [0, 0.1) is 0 Å². The second-order valence-corrected chi connectivity index (χ2v) is 5.82. The monoisotopic (exact) mass is 284 g/mol. The number of aromatic nitrogens is 4. The van der Waals surface area contributed by atoms with E-state index in [9.17, 15) is 8.42 Å². The Bertz CT molecular complexity index is 645. The Labute approximate surface area is 111 Å². The van der Waals surface area contributed by atoms with E-state index in [0.29, 0.717) is 12.4 Å². The van der Waals surface area contributed by atoms with Crippen molar-refractivity contribution in [2.45, 2.75) is 18.0 Å². The van der Waals surface area contributed by atoms with E-state index in [1.807, 2.05) is 0 Å². The van der Waals surface area contributed by atoms with Crippen molar-refractivity contribution < 1.29 is 8.42 Å². The molecule has 0 radical (unpaired) electrons. The lowest BCUT2D eigenvalue weighted by Crippen LogP contribution is -2.23. The molecule has 0 atom stereocenters. The number of nitrogens with zero attached hydrogens (tertiary/aromatic N) is 3. The van der Waals surface area contributed by atoms with Gasteiger partial charge in [-0.1, -0.05) is 0 Å². The van der Waals surface area contributed by atoms with Crippen LogP contribution in [0.3, 0.4) is 0 Å². The van der Waals surface area contributed by atoms with E-state index in [1.54, 1.807) is 20.2 Å². The number of sulfonamides is 1. The van der Waals surface area contributed by atoms with Crippen LogP contribution >= 0.6 is 0 Å². The molecule has 0 amide bonds. The van der Waals surface area contributed by atoms with Gasteiger partial charge in [-0.2, -0.15) is 5.10 Å². The Morgan fingerprint density at radius 2 is 2.21 bits per heavy atom. The number of hydrogen-bond acceptors (Lipinski definition) is 5. The summed E-state index contributed by atoms with van der Waals surface area (Å²) in [7, 11) is -0.0299. The minimum atomic E-state index is -3.54. The molecule has 2 rings (SSSR count). The van der Waals surface area contributed by atoms with Crippen molar-refractivity contribution in [2.24, 2.45) is 7.05 Å². The smallest absolute Gasteiger partial charge is 0.242 e. The van der Waals surface area contributed by atoms with Crippen molar-refractivity contribution in [1.82, 2.24) is 29.8 Å². The van der Waals surface area contributed by atoms with E-state index in [2.05, 4.69) is 25.1 Å². The fourth-order valence-corrected chi connectivity index (χ4v) is 2.57. The molecule has 9 heteroatoms. The predicted molar refractivity (Wildman–Crippen MR) is 68.6 cm³/mol. The Kier molecular flexibility index (Phi) is 3.98. The molecule has 0 bridgehead atoms. The summed E-state index contributed by atoms with van der Waals surface area (Å²) in [6.07, 6.45) is 2.98. The number of nitrogens with one attached hydrogen (secondary N) is 3. The first-order chi connectivity index (χ1) is 9.01. The molecule has 0 saturated heterocycles. The molecule has 0 saturated carbocycles. The van der Waals surface area contributed by atoms with Crippen LogP contribution in [-0.2, 0) is 30.2 Å². The normalized spacial score (nSPS) is 11.9. The number of rotatable bonds is 6. The van der Waals surface area contributed by atoms with Crippen molar-refractivity contribution in [3.8, 4) is 0 Å². The Morgan fingerprint density at radius 3 is 2.84 bits per heavy atom. The molecule has 0 aliphatic carbocycles. The third-order valence-electron chi connectivity index (χ3n) is 2.46. The number of hydrogen-bond donors (Lipinski definition) is 3. The lowest BCUT2D eigenvalue weighted by Gasteiger charge is -2.01. The molecule has 0 unspecified atom stereocenters. The molecule has 0 aliphatic heterocycles. The lowest BCUT2D eigenvalue weighted by molar-refractivity contribution is 0.578. The largest absolute Gasteiger partial charge is 0.363 e. The molecule has 8 nitrogen and oxygen atoms in total. The fourth-order valence-electron chi connectivity index (χ4n) is 1.57. The summed E-state index contributed by atoms with van der Waals surface area (Å²) < 4.78 is 28.0. The van der Waals surface area contributed by atoms with E-state index >= 15 is 0 Å². The highest BCUT2D eigenvalue weighted by molar-refractivity contribution is 7.89. The number of aryl methyl sites for hydroxylation is 1. The van der Waals surface area contributed by atoms with E-state index in [4.69, 9.17) is 0 Å². The molecular weight excluding hydrogens is 268 g/mol. The van der Waals surface area contributed by atoms with Gasteiger partial charge in [0.2, 0.25) is 10.0 Å². The van der Waals surface area contributed by atoms with Gasteiger partial charge >= 0.3 is 0 Å². The summed E-state index contributed by atoms with van der Waals surface area (Å²) in [4.78, 5) is 7.05. The standard InChI is InChI=1S/C10H16N6O2S/c1-11-4-8-3-9(5-12-8)19(17,18)14-6-10-13-7-16(2)15-10/h3,5,7,11-12,14H,4,6H2,1-2H3. The zero-order valence-corrected chi connectivity index (χ0v) is 11.5. The topological polar surface area (TPSA) is 105 Å². The number of H-pyrrole nitrogens is 1. The highest BCUT2D eigenvalue weighted by Crippen LogP contribution is 2.10. The molecular formula is C10H16N6O2S. The van der Waals surface area contributed by atoms with Crippen LogP contribution < -0.4 is 10.0 Å². The zero-order chi connectivity index (χ0) is 13.9. The maximum absolute atomic E-state index is 12.0. The lowest BCUT2D eigenvalue weighted by atomic mass is 10.4. The first-order valence-electron chi connectivity index (χ1n) is 5.67. The predicted octanol–water partition coefficient (Wildman–Crippen LogP) is -0.659.